The fourth-order valence-corrected chi connectivity index (χ4v) is 2.86. The molecule has 1 unspecified atom stereocenters. The molecule has 1 aliphatic carbocycles. The molecule has 2 rings (SSSR count). The predicted molar refractivity (Wildman–Crippen MR) is 99.5 cm³/mol. The maximum atomic E-state index is 12.3. The molecule has 1 atom stereocenters. The van der Waals surface area contributed by atoms with Crippen LogP contribution >= 0.6 is 12.4 Å². The molecule has 5 nitrogen and oxygen atoms in total. The van der Waals surface area contributed by atoms with E-state index < -0.39 is 0 Å². The lowest BCUT2D eigenvalue weighted by molar-refractivity contribution is -0.120. The number of benzene rings is 1. The number of carbonyl (C=O) groups is 2. The Labute approximate surface area is 150 Å². The molecule has 0 aromatic heterocycles. The van der Waals surface area contributed by atoms with Crippen LogP contribution in [-0.4, -0.2) is 24.4 Å². The Kier molecular flexibility index (Phi) is 8.79. The van der Waals surface area contributed by atoms with Crippen molar-refractivity contribution in [3.63, 3.8) is 0 Å². The molecule has 1 aromatic rings. The van der Waals surface area contributed by atoms with E-state index in [2.05, 4.69) is 10.6 Å². The lowest BCUT2D eigenvalue weighted by Gasteiger charge is -2.20. The van der Waals surface area contributed by atoms with Gasteiger partial charge < -0.3 is 16.4 Å². The third kappa shape index (κ3) is 6.49. The highest BCUT2D eigenvalue weighted by Gasteiger charge is 2.21. The molecule has 0 heterocycles. The Balaban J connectivity index is 0.00000288. The van der Waals surface area contributed by atoms with Gasteiger partial charge in [-0.1, -0.05) is 25.3 Å². The molecule has 0 saturated heterocycles. The average Bonchev–Trinajstić information content (AvgIpc) is 2.55. The Morgan fingerprint density at radius 1 is 1.25 bits per heavy atom. The first-order valence-electron chi connectivity index (χ1n) is 8.51. The Hall–Kier alpha value is -1.59. The van der Waals surface area contributed by atoms with Gasteiger partial charge in [-0.15, -0.1) is 12.4 Å². The van der Waals surface area contributed by atoms with Crippen molar-refractivity contribution < 1.29 is 9.59 Å². The number of nitrogens with one attached hydrogen (secondary N) is 2. The quantitative estimate of drug-likeness (QED) is 0.734. The van der Waals surface area contributed by atoms with Crippen LogP contribution in [0.5, 0.6) is 0 Å². The number of nitrogens with two attached hydrogens (primary N) is 1. The Bertz CT molecular complexity index is 543. The summed E-state index contributed by atoms with van der Waals surface area (Å²) in [6.07, 6.45) is 6.14. The van der Waals surface area contributed by atoms with Gasteiger partial charge >= 0.3 is 0 Å². The van der Waals surface area contributed by atoms with E-state index >= 15 is 0 Å². The molecule has 6 heteroatoms. The standard InChI is InChI=1S/C18H27N3O2.ClH/c1-13(19)10-11-20-17(22)15-8-5-9-16(12-15)21-18(23)14-6-3-2-4-7-14;/h5,8-9,12-14H,2-4,6-7,10-11,19H2,1H3,(H,20,22)(H,21,23);1H. The molecule has 0 radical (unpaired) electrons. The van der Waals surface area contributed by atoms with Crippen molar-refractivity contribution in [3.8, 4) is 0 Å². The molecule has 0 aliphatic heterocycles. The second kappa shape index (κ2) is 10.3. The van der Waals surface area contributed by atoms with E-state index in [9.17, 15) is 9.59 Å². The van der Waals surface area contributed by atoms with Gasteiger partial charge in [-0.2, -0.15) is 0 Å². The second-order valence-corrected chi connectivity index (χ2v) is 6.43. The first-order chi connectivity index (χ1) is 11.1. The smallest absolute Gasteiger partial charge is 0.251 e. The molecule has 1 aliphatic rings. The Morgan fingerprint density at radius 2 is 1.96 bits per heavy atom. The summed E-state index contributed by atoms with van der Waals surface area (Å²) < 4.78 is 0. The first-order valence-corrected chi connectivity index (χ1v) is 8.51. The van der Waals surface area contributed by atoms with Crippen molar-refractivity contribution in [1.29, 1.82) is 0 Å². The zero-order chi connectivity index (χ0) is 16.7. The maximum Gasteiger partial charge on any atom is 0.251 e. The van der Waals surface area contributed by atoms with Gasteiger partial charge in [0.15, 0.2) is 0 Å². The molecule has 134 valence electrons. The largest absolute Gasteiger partial charge is 0.352 e. The molecular formula is C18H28ClN3O2. The molecular weight excluding hydrogens is 326 g/mol. The average molecular weight is 354 g/mol. The summed E-state index contributed by atoms with van der Waals surface area (Å²) in [7, 11) is 0. The van der Waals surface area contributed by atoms with Crippen molar-refractivity contribution in [1.82, 2.24) is 5.32 Å². The maximum absolute atomic E-state index is 12.3. The van der Waals surface area contributed by atoms with E-state index in [1.54, 1.807) is 18.2 Å². The van der Waals surface area contributed by atoms with Crippen LogP contribution in [0.2, 0.25) is 0 Å². The molecule has 2 amide bonds. The van der Waals surface area contributed by atoms with Crippen molar-refractivity contribution in [2.75, 3.05) is 11.9 Å². The van der Waals surface area contributed by atoms with Gasteiger partial charge in [0.1, 0.15) is 0 Å². The lowest BCUT2D eigenvalue weighted by Crippen LogP contribution is -2.29. The summed E-state index contributed by atoms with van der Waals surface area (Å²) in [5.74, 6) is 0.0332. The van der Waals surface area contributed by atoms with Crippen LogP contribution < -0.4 is 16.4 Å². The fraction of sp³-hybridized carbons (Fsp3) is 0.556. The van der Waals surface area contributed by atoms with Crippen LogP contribution in [0.25, 0.3) is 0 Å². The highest BCUT2D eigenvalue weighted by molar-refractivity contribution is 5.97. The number of anilines is 1. The molecule has 24 heavy (non-hydrogen) atoms. The summed E-state index contributed by atoms with van der Waals surface area (Å²) in [6.45, 7) is 2.46. The summed E-state index contributed by atoms with van der Waals surface area (Å²) >= 11 is 0. The normalized spacial score (nSPS) is 15.9. The third-order valence-corrected chi connectivity index (χ3v) is 4.25. The highest BCUT2D eigenvalue weighted by atomic mass is 35.5. The SMILES string of the molecule is CC(N)CCNC(=O)c1cccc(NC(=O)C2CCCCC2)c1.Cl. The number of halogens is 1. The number of carbonyl (C=O) groups excluding carboxylic acids is 2. The zero-order valence-corrected chi connectivity index (χ0v) is 15.0. The van der Waals surface area contributed by atoms with Crippen LogP contribution in [0.3, 0.4) is 0 Å². The van der Waals surface area contributed by atoms with E-state index in [4.69, 9.17) is 5.73 Å². The number of hydrogen-bond acceptors (Lipinski definition) is 3. The third-order valence-electron chi connectivity index (χ3n) is 4.25. The Morgan fingerprint density at radius 3 is 2.62 bits per heavy atom. The fourth-order valence-electron chi connectivity index (χ4n) is 2.86. The number of amides is 2. The molecule has 4 N–H and O–H groups in total. The molecule has 1 fully saturated rings. The second-order valence-electron chi connectivity index (χ2n) is 6.43. The summed E-state index contributed by atoms with van der Waals surface area (Å²) in [5.41, 5.74) is 6.90. The van der Waals surface area contributed by atoms with Crippen LogP contribution in [0.1, 0.15) is 55.8 Å². The van der Waals surface area contributed by atoms with Gasteiger partial charge in [0, 0.05) is 29.8 Å². The summed E-state index contributed by atoms with van der Waals surface area (Å²) in [4.78, 5) is 24.4. The highest BCUT2D eigenvalue weighted by Crippen LogP contribution is 2.25. The summed E-state index contributed by atoms with van der Waals surface area (Å²) in [6, 6.07) is 7.15. The van der Waals surface area contributed by atoms with Crippen LogP contribution in [0, 0.1) is 5.92 Å². The van der Waals surface area contributed by atoms with Crippen LogP contribution in [-0.2, 0) is 4.79 Å². The molecule has 0 spiro atoms. The van der Waals surface area contributed by atoms with Gasteiger partial charge in [0.25, 0.3) is 5.91 Å². The predicted octanol–water partition coefficient (Wildman–Crippen LogP) is 3.09. The van der Waals surface area contributed by atoms with E-state index in [1.165, 1.54) is 6.42 Å². The van der Waals surface area contributed by atoms with Gasteiger partial charge in [0.2, 0.25) is 5.91 Å². The van der Waals surface area contributed by atoms with Crippen LogP contribution in [0.15, 0.2) is 24.3 Å². The van der Waals surface area contributed by atoms with Gasteiger partial charge in [-0.25, -0.2) is 0 Å². The van der Waals surface area contributed by atoms with Crippen molar-refractivity contribution in [2.45, 2.75) is 51.5 Å². The minimum atomic E-state index is -0.139. The van der Waals surface area contributed by atoms with E-state index in [0.29, 0.717) is 17.8 Å². The first kappa shape index (κ1) is 20.5. The monoisotopic (exact) mass is 353 g/mol. The van der Waals surface area contributed by atoms with E-state index in [1.807, 2.05) is 13.0 Å². The molecule has 0 bridgehead atoms. The van der Waals surface area contributed by atoms with Crippen molar-refractivity contribution in [3.05, 3.63) is 29.8 Å². The van der Waals surface area contributed by atoms with E-state index in [0.717, 1.165) is 32.1 Å². The lowest BCUT2D eigenvalue weighted by atomic mass is 9.88. The van der Waals surface area contributed by atoms with E-state index in [-0.39, 0.29) is 36.2 Å². The van der Waals surface area contributed by atoms with Crippen molar-refractivity contribution in [2.24, 2.45) is 11.7 Å². The zero-order valence-electron chi connectivity index (χ0n) is 14.2. The minimum Gasteiger partial charge on any atom is -0.352 e. The molecule has 1 aromatic carbocycles. The van der Waals surface area contributed by atoms with Gasteiger partial charge in [0.05, 0.1) is 0 Å². The topological polar surface area (TPSA) is 84.2 Å². The van der Waals surface area contributed by atoms with Crippen LogP contribution in [0.4, 0.5) is 5.69 Å². The minimum absolute atomic E-state index is 0. The van der Waals surface area contributed by atoms with Crippen molar-refractivity contribution >= 4 is 29.9 Å². The summed E-state index contributed by atoms with van der Waals surface area (Å²) in [5, 5.41) is 5.78. The number of rotatable bonds is 6. The van der Waals surface area contributed by atoms with Gasteiger partial charge in [-0.05, 0) is 44.4 Å². The number of hydrogen-bond donors (Lipinski definition) is 3. The molecule has 1 saturated carbocycles. The van der Waals surface area contributed by atoms with Gasteiger partial charge in [-0.3, -0.25) is 9.59 Å².